The minimum absolute atomic E-state index is 0.110. The number of benzene rings is 3. The van der Waals surface area contributed by atoms with Gasteiger partial charge in [-0.15, -0.1) is 0 Å². The van der Waals surface area contributed by atoms with Gasteiger partial charge >= 0.3 is 0 Å². The maximum atomic E-state index is 11.7. The molecule has 39 heavy (non-hydrogen) atoms. The average Bonchev–Trinajstić information content (AvgIpc) is 3.33. The molecule has 5 rings (SSSR count). The lowest BCUT2D eigenvalue weighted by molar-refractivity contribution is -0.0890. The largest absolute Gasteiger partial charge is 0.391 e. The predicted molar refractivity (Wildman–Crippen MR) is 157 cm³/mol. The van der Waals surface area contributed by atoms with Crippen molar-refractivity contribution in [3.63, 3.8) is 0 Å². The average molecular weight is 528 g/mol. The Morgan fingerprint density at radius 2 is 1.28 bits per heavy atom. The van der Waals surface area contributed by atoms with Gasteiger partial charge in [0.25, 0.3) is 0 Å². The minimum Gasteiger partial charge on any atom is -0.391 e. The zero-order valence-electron chi connectivity index (χ0n) is 23.2. The Morgan fingerprint density at radius 1 is 0.718 bits per heavy atom. The summed E-state index contributed by atoms with van der Waals surface area (Å²) in [6.07, 6.45) is 9.18. The molecule has 4 nitrogen and oxygen atoms in total. The van der Waals surface area contributed by atoms with Gasteiger partial charge in [0.1, 0.15) is 6.10 Å². The second kappa shape index (κ2) is 14.8. The summed E-state index contributed by atoms with van der Waals surface area (Å²) in [5.74, 6) is 0.835. The molecule has 3 aromatic carbocycles. The van der Waals surface area contributed by atoms with Crippen molar-refractivity contribution >= 4 is 0 Å². The van der Waals surface area contributed by atoms with Crippen LogP contribution in [-0.4, -0.2) is 40.9 Å². The normalized spacial score (nSPS) is 23.2. The lowest BCUT2D eigenvalue weighted by Crippen LogP contribution is -2.46. The molecule has 1 aliphatic carbocycles. The van der Waals surface area contributed by atoms with Gasteiger partial charge in [0, 0.05) is 13.1 Å². The maximum absolute atomic E-state index is 11.7. The van der Waals surface area contributed by atoms with Crippen LogP contribution in [0.5, 0.6) is 0 Å². The summed E-state index contributed by atoms with van der Waals surface area (Å²) >= 11 is 0. The molecule has 2 aliphatic rings. The van der Waals surface area contributed by atoms with E-state index >= 15 is 0 Å². The van der Waals surface area contributed by atoms with Crippen LogP contribution >= 0.6 is 0 Å². The summed E-state index contributed by atoms with van der Waals surface area (Å²) in [4.78, 5) is 2.41. The Bertz CT molecular complexity index is 1070. The Hall–Kier alpha value is -2.50. The second-order valence-electron chi connectivity index (χ2n) is 11.5. The van der Waals surface area contributed by atoms with Crippen LogP contribution in [0.2, 0.25) is 0 Å². The van der Waals surface area contributed by atoms with E-state index in [1.165, 1.54) is 44.1 Å². The molecule has 1 saturated carbocycles. The quantitative estimate of drug-likeness (QED) is 0.256. The first-order chi connectivity index (χ1) is 19.3. The number of aliphatic hydroxyl groups excluding tert-OH is 1. The van der Waals surface area contributed by atoms with Crippen LogP contribution in [0.15, 0.2) is 91.0 Å². The van der Waals surface area contributed by atoms with Crippen molar-refractivity contribution in [1.29, 1.82) is 0 Å². The minimum atomic E-state index is -0.455. The first kappa shape index (κ1) is 28.0. The lowest BCUT2D eigenvalue weighted by atomic mass is 9.85. The molecule has 1 aliphatic heterocycles. The molecule has 2 unspecified atom stereocenters. The molecular formula is C35H45NO3. The second-order valence-corrected chi connectivity index (χ2v) is 11.5. The molecule has 208 valence electrons. The van der Waals surface area contributed by atoms with Crippen molar-refractivity contribution in [2.24, 2.45) is 5.92 Å². The molecule has 1 heterocycles. The van der Waals surface area contributed by atoms with Gasteiger partial charge < -0.3 is 14.6 Å². The standard InChI is InChI=1S/C35H45NO3/c37-32(23-13-22-28-14-5-1-6-15-28)34-35(39-27-31-20-11-4-12-21-31)33(38-26-30-18-9-3-10-19-30)25-36(34)24-29-16-7-2-8-17-29/h2-4,7-12,16-21,28,32-35,37H,1,5-6,13-15,22-27H2/t32?,33-,34?,35+/m1/s1. The number of hydrogen-bond acceptors (Lipinski definition) is 4. The van der Waals surface area contributed by atoms with Crippen molar-refractivity contribution < 1.29 is 14.6 Å². The molecule has 0 aromatic heterocycles. The third kappa shape index (κ3) is 8.25. The van der Waals surface area contributed by atoms with Crippen LogP contribution in [0.4, 0.5) is 0 Å². The van der Waals surface area contributed by atoms with E-state index in [4.69, 9.17) is 9.47 Å². The van der Waals surface area contributed by atoms with Crippen LogP contribution < -0.4 is 0 Å². The predicted octanol–water partition coefficient (Wildman–Crippen LogP) is 7.15. The molecule has 4 heteroatoms. The Morgan fingerprint density at radius 3 is 1.90 bits per heavy atom. The number of rotatable bonds is 13. The molecule has 0 spiro atoms. The van der Waals surface area contributed by atoms with Crippen molar-refractivity contribution in [3.8, 4) is 0 Å². The highest BCUT2D eigenvalue weighted by Gasteiger charge is 2.46. The van der Waals surface area contributed by atoms with Crippen LogP contribution in [0.3, 0.4) is 0 Å². The summed E-state index contributed by atoms with van der Waals surface area (Å²) < 4.78 is 13.2. The first-order valence-corrected chi connectivity index (χ1v) is 15.0. The number of ether oxygens (including phenoxy) is 2. The highest BCUT2D eigenvalue weighted by Crippen LogP contribution is 2.33. The van der Waals surface area contributed by atoms with Gasteiger partial charge in [-0.05, 0) is 29.0 Å². The molecular weight excluding hydrogens is 482 g/mol. The summed E-state index contributed by atoms with van der Waals surface area (Å²) in [7, 11) is 0. The smallest absolute Gasteiger partial charge is 0.103 e. The van der Waals surface area contributed by atoms with Crippen molar-refractivity contribution in [1.82, 2.24) is 4.90 Å². The van der Waals surface area contributed by atoms with Crippen LogP contribution in [0, 0.1) is 5.92 Å². The highest BCUT2D eigenvalue weighted by atomic mass is 16.5. The molecule has 0 amide bonds. The number of likely N-dealkylation sites (tertiary alicyclic amines) is 1. The molecule has 0 radical (unpaired) electrons. The number of aliphatic hydroxyl groups is 1. The SMILES string of the molecule is OC(CCCC1CCCCC1)C1[C@@H](OCc2ccccc2)[C@H](OCc2ccccc2)CN1Cc1ccccc1. The zero-order valence-corrected chi connectivity index (χ0v) is 23.2. The Balaban J connectivity index is 1.32. The third-order valence-electron chi connectivity index (χ3n) is 8.59. The van der Waals surface area contributed by atoms with Gasteiger partial charge in [0.15, 0.2) is 0 Å². The fraction of sp³-hybridized carbons (Fsp3) is 0.486. The summed E-state index contributed by atoms with van der Waals surface area (Å²) in [6.45, 7) is 2.58. The van der Waals surface area contributed by atoms with Gasteiger partial charge in [-0.1, -0.05) is 136 Å². The van der Waals surface area contributed by atoms with E-state index in [1.807, 2.05) is 12.1 Å². The number of hydrogen-bond donors (Lipinski definition) is 1. The molecule has 0 bridgehead atoms. The molecule has 1 saturated heterocycles. The Kier molecular flexibility index (Phi) is 10.6. The fourth-order valence-electron chi connectivity index (χ4n) is 6.49. The van der Waals surface area contributed by atoms with Crippen molar-refractivity contribution in [3.05, 3.63) is 108 Å². The lowest BCUT2D eigenvalue weighted by Gasteiger charge is -2.33. The van der Waals surface area contributed by atoms with E-state index < -0.39 is 6.10 Å². The van der Waals surface area contributed by atoms with Gasteiger partial charge in [0.2, 0.25) is 0 Å². The number of nitrogens with zero attached hydrogens (tertiary/aromatic N) is 1. The molecule has 3 aromatic rings. The van der Waals surface area contributed by atoms with E-state index in [9.17, 15) is 5.11 Å². The summed E-state index contributed by atoms with van der Waals surface area (Å²) in [6, 6.07) is 31.2. The fourth-order valence-corrected chi connectivity index (χ4v) is 6.49. The topological polar surface area (TPSA) is 41.9 Å². The van der Waals surface area contributed by atoms with Gasteiger partial charge in [-0.25, -0.2) is 0 Å². The van der Waals surface area contributed by atoms with E-state index in [0.29, 0.717) is 13.2 Å². The highest BCUT2D eigenvalue weighted by molar-refractivity contribution is 5.17. The maximum Gasteiger partial charge on any atom is 0.103 e. The van der Waals surface area contributed by atoms with Crippen molar-refractivity contribution in [2.45, 2.75) is 95.5 Å². The molecule has 2 fully saturated rings. The van der Waals surface area contributed by atoms with Gasteiger partial charge in [-0.2, -0.15) is 0 Å². The monoisotopic (exact) mass is 527 g/mol. The molecule has 1 N–H and O–H groups in total. The summed E-state index contributed by atoms with van der Waals surface area (Å²) in [5.41, 5.74) is 3.55. The van der Waals surface area contributed by atoms with E-state index in [1.54, 1.807) is 0 Å². The van der Waals surface area contributed by atoms with Crippen molar-refractivity contribution in [2.75, 3.05) is 6.54 Å². The first-order valence-electron chi connectivity index (χ1n) is 15.0. The van der Waals surface area contributed by atoms with Gasteiger partial charge in [0.05, 0.1) is 31.5 Å². The van der Waals surface area contributed by atoms with Crippen LogP contribution in [0.1, 0.15) is 68.1 Å². The Labute approximate surface area is 235 Å². The summed E-state index contributed by atoms with van der Waals surface area (Å²) in [5, 5.41) is 11.7. The van der Waals surface area contributed by atoms with Crippen LogP contribution in [0.25, 0.3) is 0 Å². The third-order valence-corrected chi connectivity index (χ3v) is 8.59. The van der Waals surface area contributed by atoms with Crippen LogP contribution in [-0.2, 0) is 29.2 Å². The van der Waals surface area contributed by atoms with Gasteiger partial charge in [-0.3, -0.25) is 4.90 Å². The van der Waals surface area contributed by atoms with E-state index in [0.717, 1.165) is 43.0 Å². The van der Waals surface area contributed by atoms with E-state index in [2.05, 4.69) is 83.8 Å². The van der Waals surface area contributed by atoms with E-state index in [-0.39, 0.29) is 18.2 Å². The molecule has 4 atom stereocenters. The zero-order chi connectivity index (χ0) is 26.7.